The molecule has 3 rings (SSSR count). The van der Waals surface area contributed by atoms with E-state index in [-0.39, 0.29) is 23.9 Å². The van der Waals surface area contributed by atoms with Crippen LogP contribution < -0.4 is 14.8 Å². The Labute approximate surface area is 199 Å². The number of benzene rings is 2. The van der Waals surface area contributed by atoms with Gasteiger partial charge in [-0.15, -0.1) is 0 Å². The van der Waals surface area contributed by atoms with E-state index in [4.69, 9.17) is 25.8 Å². The van der Waals surface area contributed by atoms with Gasteiger partial charge in [0.2, 0.25) is 15.9 Å². The summed E-state index contributed by atoms with van der Waals surface area (Å²) in [5.41, 5.74) is 0.725. The van der Waals surface area contributed by atoms with Crippen LogP contribution in [0.3, 0.4) is 0 Å². The first-order valence-corrected chi connectivity index (χ1v) is 12.4. The number of hydrogen-bond donors (Lipinski definition) is 1. The van der Waals surface area contributed by atoms with E-state index in [1.807, 2.05) is 0 Å². The molecule has 1 N–H and O–H groups in total. The van der Waals surface area contributed by atoms with E-state index in [0.717, 1.165) is 5.56 Å². The van der Waals surface area contributed by atoms with E-state index >= 15 is 0 Å². The molecule has 0 spiro atoms. The summed E-state index contributed by atoms with van der Waals surface area (Å²) in [5.74, 6) is -0.0576. The Morgan fingerprint density at radius 2 is 1.82 bits per heavy atom. The molecule has 2 aromatic rings. The van der Waals surface area contributed by atoms with Gasteiger partial charge in [-0.05, 0) is 48.9 Å². The zero-order valence-corrected chi connectivity index (χ0v) is 20.5. The van der Waals surface area contributed by atoms with Gasteiger partial charge in [0, 0.05) is 49.9 Å². The molecule has 1 amide bonds. The lowest BCUT2D eigenvalue weighted by Gasteiger charge is -2.21. The number of halogens is 1. The lowest BCUT2D eigenvalue weighted by atomic mass is 9.87. The molecule has 10 heteroatoms. The number of methoxy groups -OCH3 is 3. The first kappa shape index (κ1) is 25.3. The van der Waals surface area contributed by atoms with Gasteiger partial charge in [-0.1, -0.05) is 11.6 Å². The maximum Gasteiger partial charge on any atom is 0.243 e. The summed E-state index contributed by atoms with van der Waals surface area (Å²) in [6, 6.07) is 11.3. The van der Waals surface area contributed by atoms with Gasteiger partial charge in [-0.3, -0.25) is 4.79 Å². The van der Waals surface area contributed by atoms with Gasteiger partial charge < -0.3 is 19.5 Å². The molecular formula is C23H29ClN2O6S. The molecule has 1 fully saturated rings. The predicted molar refractivity (Wildman–Crippen MR) is 125 cm³/mol. The molecule has 1 aliphatic rings. The van der Waals surface area contributed by atoms with Crippen molar-refractivity contribution in [3.8, 4) is 11.5 Å². The quantitative estimate of drug-likeness (QED) is 0.508. The second kappa shape index (κ2) is 11.2. The first-order valence-electron chi connectivity index (χ1n) is 10.6. The lowest BCUT2D eigenvalue weighted by molar-refractivity contribution is -0.124. The standard InChI is InChI=1S/C23H29ClN2O6S/c1-30-12-4-11-25-23(27)21-15-26(33(28,29)18-8-5-16(24)6-9-18)14-20(21)19-13-17(31-2)7-10-22(19)32-3/h5-10,13,20-21H,4,11-12,14-15H2,1-3H3,(H,25,27)/t20-,21+/m0/s1. The maximum absolute atomic E-state index is 13.3. The van der Waals surface area contributed by atoms with Crippen molar-refractivity contribution in [1.82, 2.24) is 9.62 Å². The van der Waals surface area contributed by atoms with Crippen LogP contribution in [0.15, 0.2) is 47.4 Å². The van der Waals surface area contributed by atoms with Crippen LogP contribution >= 0.6 is 11.6 Å². The Balaban J connectivity index is 1.95. The van der Waals surface area contributed by atoms with Gasteiger partial charge >= 0.3 is 0 Å². The van der Waals surface area contributed by atoms with Gasteiger partial charge in [0.15, 0.2) is 0 Å². The number of sulfonamides is 1. The van der Waals surface area contributed by atoms with E-state index in [0.29, 0.717) is 36.1 Å². The molecule has 1 saturated heterocycles. The predicted octanol–water partition coefficient (Wildman–Crippen LogP) is 2.91. The Bertz CT molecular complexity index is 1060. The Morgan fingerprint density at radius 3 is 2.45 bits per heavy atom. The highest BCUT2D eigenvalue weighted by molar-refractivity contribution is 7.89. The van der Waals surface area contributed by atoms with Crippen LogP contribution in [0, 0.1) is 5.92 Å². The van der Waals surface area contributed by atoms with Crippen LogP contribution in [-0.4, -0.2) is 66.2 Å². The van der Waals surface area contributed by atoms with Crippen molar-refractivity contribution in [2.45, 2.75) is 17.2 Å². The number of carbonyl (C=O) groups excluding carboxylic acids is 1. The van der Waals surface area contributed by atoms with Crippen LogP contribution in [0.1, 0.15) is 17.9 Å². The molecule has 2 aromatic carbocycles. The molecule has 0 saturated carbocycles. The molecule has 1 heterocycles. The second-order valence-electron chi connectivity index (χ2n) is 7.73. The summed E-state index contributed by atoms with van der Waals surface area (Å²) in [4.78, 5) is 13.3. The molecule has 0 aromatic heterocycles. The monoisotopic (exact) mass is 496 g/mol. The normalized spacial score (nSPS) is 18.8. The minimum atomic E-state index is -3.82. The smallest absolute Gasteiger partial charge is 0.243 e. The molecule has 0 bridgehead atoms. The molecule has 0 unspecified atom stereocenters. The third kappa shape index (κ3) is 5.78. The fourth-order valence-electron chi connectivity index (χ4n) is 3.99. The highest BCUT2D eigenvalue weighted by Gasteiger charge is 2.44. The highest BCUT2D eigenvalue weighted by Crippen LogP contribution is 2.41. The van der Waals surface area contributed by atoms with Gasteiger partial charge in [-0.2, -0.15) is 4.31 Å². The van der Waals surface area contributed by atoms with Crippen molar-refractivity contribution in [2.24, 2.45) is 5.92 Å². The third-order valence-electron chi connectivity index (χ3n) is 5.74. The highest BCUT2D eigenvalue weighted by atomic mass is 35.5. The number of amides is 1. The lowest BCUT2D eigenvalue weighted by Crippen LogP contribution is -2.36. The number of rotatable bonds is 10. The summed E-state index contributed by atoms with van der Waals surface area (Å²) in [6.45, 7) is 1.14. The largest absolute Gasteiger partial charge is 0.497 e. The number of carbonyl (C=O) groups is 1. The number of nitrogens with one attached hydrogen (secondary N) is 1. The summed E-state index contributed by atoms with van der Waals surface area (Å²) < 4.78 is 44.0. The zero-order valence-electron chi connectivity index (χ0n) is 18.9. The maximum atomic E-state index is 13.3. The van der Waals surface area contributed by atoms with Crippen LogP contribution in [0.5, 0.6) is 11.5 Å². The van der Waals surface area contributed by atoms with Crippen molar-refractivity contribution in [2.75, 3.05) is 47.6 Å². The fraction of sp³-hybridized carbons (Fsp3) is 0.435. The summed E-state index contributed by atoms with van der Waals surface area (Å²) >= 11 is 5.93. The zero-order chi connectivity index (χ0) is 24.0. The Kier molecular flexibility index (Phi) is 8.58. The van der Waals surface area contributed by atoms with Crippen LogP contribution in [0.2, 0.25) is 5.02 Å². The molecule has 33 heavy (non-hydrogen) atoms. The van der Waals surface area contributed by atoms with Crippen molar-refractivity contribution in [3.05, 3.63) is 53.1 Å². The molecule has 0 radical (unpaired) electrons. The van der Waals surface area contributed by atoms with Crippen molar-refractivity contribution in [3.63, 3.8) is 0 Å². The van der Waals surface area contributed by atoms with Crippen LogP contribution in [-0.2, 0) is 19.6 Å². The first-order chi connectivity index (χ1) is 15.8. The van der Waals surface area contributed by atoms with E-state index in [1.54, 1.807) is 39.5 Å². The van der Waals surface area contributed by atoms with Crippen LogP contribution in [0.25, 0.3) is 0 Å². The number of nitrogens with zero attached hydrogens (tertiary/aromatic N) is 1. The van der Waals surface area contributed by atoms with Gasteiger partial charge in [0.1, 0.15) is 11.5 Å². The molecule has 8 nitrogen and oxygen atoms in total. The number of hydrogen-bond acceptors (Lipinski definition) is 6. The Hall–Kier alpha value is -2.33. The number of ether oxygens (including phenoxy) is 3. The molecule has 180 valence electrons. The van der Waals surface area contributed by atoms with Crippen molar-refractivity contribution in [1.29, 1.82) is 0 Å². The summed E-state index contributed by atoms with van der Waals surface area (Å²) in [5, 5.41) is 3.36. The van der Waals surface area contributed by atoms with Gasteiger partial charge in [-0.25, -0.2) is 8.42 Å². The molecule has 1 aliphatic heterocycles. The van der Waals surface area contributed by atoms with Gasteiger partial charge in [0.05, 0.1) is 25.0 Å². The molecule has 2 atom stereocenters. The SMILES string of the molecule is COCCCNC(=O)[C@@H]1CN(S(=O)(=O)c2ccc(Cl)cc2)C[C@H]1c1cc(OC)ccc1OC. The average Bonchev–Trinajstić information content (AvgIpc) is 3.28. The topological polar surface area (TPSA) is 94.2 Å². The minimum absolute atomic E-state index is 0.0477. The van der Waals surface area contributed by atoms with Crippen molar-refractivity contribution >= 4 is 27.5 Å². The van der Waals surface area contributed by atoms with Crippen LogP contribution in [0.4, 0.5) is 0 Å². The second-order valence-corrected chi connectivity index (χ2v) is 10.1. The minimum Gasteiger partial charge on any atom is -0.497 e. The molecule has 0 aliphatic carbocycles. The summed E-state index contributed by atoms with van der Waals surface area (Å²) in [7, 11) is 0.873. The summed E-state index contributed by atoms with van der Waals surface area (Å²) in [6.07, 6.45) is 0.662. The molecular weight excluding hydrogens is 468 g/mol. The van der Waals surface area contributed by atoms with E-state index < -0.39 is 21.9 Å². The van der Waals surface area contributed by atoms with E-state index in [2.05, 4.69) is 5.32 Å². The van der Waals surface area contributed by atoms with Gasteiger partial charge in [0.25, 0.3) is 0 Å². The third-order valence-corrected chi connectivity index (χ3v) is 7.83. The average molecular weight is 497 g/mol. The Morgan fingerprint density at radius 1 is 1.09 bits per heavy atom. The van der Waals surface area contributed by atoms with E-state index in [1.165, 1.54) is 28.6 Å². The fourth-order valence-corrected chi connectivity index (χ4v) is 5.61. The van der Waals surface area contributed by atoms with Crippen molar-refractivity contribution < 1.29 is 27.4 Å². The van der Waals surface area contributed by atoms with E-state index in [9.17, 15) is 13.2 Å².